The summed E-state index contributed by atoms with van der Waals surface area (Å²) < 4.78 is 11.1. The van der Waals surface area contributed by atoms with E-state index in [4.69, 9.17) is 15.2 Å². The molecule has 5 nitrogen and oxygen atoms in total. The number of rotatable bonds is 5. The van der Waals surface area contributed by atoms with Gasteiger partial charge in [0.05, 0.1) is 23.6 Å². The minimum atomic E-state index is -0.171. The molecule has 5 heteroatoms. The Morgan fingerprint density at radius 1 is 1.38 bits per heavy atom. The molecule has 21 heavy (non-hydrogen) atoms. The van der Waals surface area contributed by atoms with E-state index in [-0.39, 0.29) is 24.7 Å². The van der Waals surface area contributed by atoms with Crippen molar-refractivity contribution in [2.45, 2.75) is 44.8 Å². The second kappa shape index (κ2) is 7.43. The van der Waals surface area contributed by atoms with Gasteiger partial charge in [-0.15, -0.1) is 0 Å². The van der Waals surface area contributed by atoms with E-state index in [1.54, 1.807) is 13.2 Å². The summed E-state index contributed by atoms with van der Waals surface area (Å²) in [6.07, 6.45) is 4.34. The smallest absolute Gasteiger partial charge is 0.250 e. The molecule has 0 bridgehead atoms. The van der Waals surface area contributed by atoms with Crippen molar-refractivity contribution in [1.82, 2.24) is 0 Å². The number of carbonyl (C=O) groups is 1. The van der Waals surface area contributed by atoms with Crippen LogP contribution >= 0.6 is 0 Å². The van der Waals surface area contributed by atoms with E-state index in [1.165, 1.54) is 0 Å². The van der Waals surface area contributed by atoms with Crippen molar-refractivity contribution in [3.63, 3.8) is 0 Å². The van der Waals surface area contributed by atoms with E-state index < -0.39 is 0 Å². The molecule has 0 saturated heterocycles. The summed E-state index contributed by atoms with van der Waals surface area (Å²) in [5.41, 5.74) is 8.06. The Morgan fingerprint density at radius 2 is 2.14 bits per heavy atom. The summed E-state index contributed by atoms with van der Waals surface area (Å²) >= 11 is 0. The van der Waals surface area contributed by atoms with Gasteiger partial charge < -0.3 is 20.5 Å². The number of para-hydroxylation sites is 1. The molecular weight excluding hydrogens is 268 g/mol. The quantitative estimate of drug-likeness (QED) is 0.818. The van der Waals surface area contributed by atoms with Crippen LogP contribution in [0.2, 0.25) is 0 Å². The number of hydrogen-bond donors (Lipinski definition) is 2. The molecule has 116 valence electrons. The van der Waals surface area contributed by atoms with Crippen LogP contribution in [0.1, 0.15) is 31.2 Å². The Balaban J connectivity index is 1.82. The number of anilines is 2. The normalized spacial score (nSPS) is 22.0. The fourth-order valence-electron chi connectivity index (χ4n) is 2.70. The molecule has 3 N–H and O–H groups in total. The van der Waals surface area contributed by atoms with Gasteiger partial charge in [0.1, 0.15) is 6.61 Å². The number of benzene rings is 1. The molecule has 1 aliphatic carbocycles. The van der Waals surface area contributed by atoms with E-state index in [1.807, 2.05) is 19.1 Å². The molecule has 0 aliphatic heterocycles. The summed E-state index contributed by atoms with van der Waals surface area (Å²) in [6.45, 7) is 1.96. The highest BCUT2D eigenvalue weighted by Gasteiger charge is 2.23. The fourth-order valence-corrected chi connectivity index (χ4v) is 2.70. The summed E-state index contributed by atoms with van der Waals surface area (Å²) in [5.74, 6) is -0.171. The van der Waals surface area contributed by atoms with Gasteiger partial charge in [-0.2, -0.15) is 0 Å². The molecule has 1 aliphatic rings. The van der Waals surface area contributed by atoms with Gasteiger partial charge in [0.25, 0.3) is 0 Å². The highest BCUT2D eigenvalue weighted by molar-refractivity contribution is 5.95. The van der Waals surface area contributed by atoms with Crippen LogP contribution in [-0.2, 0) is 14.3 Å². The van der Waals surface area contributed by atoms with Crippen LogP contribution < -0.4 is 11.1 Å². The first-order valence-electron chi connectivity index (χ1n) is 7.39. The number of hydrogen-bond acceptors (Lipinski definition) is 4. The molecule has 2 rings (SSSR count). The van der Waals surface area contributed by atoms with E-state index >= 15 is 0 Å². The Morgan fingerprint density at radius 3 is 2.86 bits per heavy atom. The van der Waals surface area contributed by atoms with Crippen molar-refractivity contribution in [2.24, 2.45) is 0 Å². The lowest BCUT2D eigenvalue weighted by Crippen LogP contribution is -2.30. The number of nitrogens with two attached hydrogens (primary N) is 1. The second-order valence-electron chi connectivity index (χ2n) is 5.54. The van der Waals surface area contributed by atoms with Crippen LogP contribution in [-0.4, -0.2) is 31.8 Å². The Hall–Kier alpha value is -1.59. The van der Waals surface area contributed by atoms with E-state index in [2.05, 4.69) is 5.32 Å². The molecule has 0 radical (unpaired) electrons. The monoisotopic (exact) mass is 292 g/mol. The number of nitrogens with one attached hydrogen (secondary N) is 1. The van der Waals surface area contributed by atoms with Gasteiger partial charge in [0.15, 0.2) is 0 Å². The molecular formula is C16H24N2O3. The van der Waals surface area contributed by atoms with Crippen LogP contribution in [0.25, 0.3) is 0 Å². The summed E-state index contributed by atoms with van der Waals surface area (Å²) in [4.78, 5) is 12.0. The minimum Gasteiger partial charge on any atom is -0.397 e. The molecule has 2 unspecified atom stereocenters. The predicted molar refractivity (Wildman–Crippen MR) is 83.2 cm³/mol. The summed E-state index contributed by atoms with van der Waals surface area (Å²) in [7, 11) is 1.72. The lowest BCUT2D eigenvalue weighted by atomic mass is 9.95. The third-order valence-corrected chi connectivity index (χ3v) is 3.93. The number of ether oxygens (including phenoxy) is 2. The Kier molecular flexibility index (Phi) is 5.59. The van der Waals surface area contributed by atoms with Crippen molar-refractivity contribution in [3.8, 4) is 0 Å². The molecule has 1 fully saturated rings. The average molecular weight is 292 g/mol. The number of aryl methyl sites for hydroxylation is 1. The lowest BCUT2D eigenvalue weighted by molar-refractivity contribution is -0.124. The Labute approximate surface area is 125 Å². The van der Waals surface area contributed by atoms with Crippen LogP contribution in [0.5, 0.6) is 0 Å². The van der Waals surface area contributed by atoms with Gasteiger partial charge in [-0.05, 0) is 44.2 Å². The first-order chi connectivity index (χ1) is 10.1. The van der Waals surface area contributed by atoms with Gasteiger partial charge in [0.2, 0.25) is 5.91 Å². The van der Waals surface area contributed by atoms with Crippen molar-refractivity contribution in [2.75, 3.05) is 24.8 Å². The second-order valence-corrected chi connectivity index (χ2v) is 5.54. The third-order valence-electron chi connectivity index (χ3n) is 3.93. The maximum absolute atomic E-state index is 12.0. The molecule has 0 heterocycles. The van der Waals surface area contributed by atoms with Crippen molar-refractivity contribution < 1.29 is 14.3 Å². The molecule has 0 spiro atoms. The summed E-state index contributed by atoms with van der Waals surface area (Å²) in [6, 6.07) is 5.55. The van der Waals surface area contributed by atoms with Crippen molar-refractivity contribution >= 4 is 17.3 Å². The maximum atomic E-state index is 12.0. The number of carbonyl (C=O) groups excluding carboxylic acids is 1. The maximum Gasteiger partial charge on any atom is 0.250 e. The van der Waals surface area contributed by atoms with Gasteiger partial charge >= 0.3 is 0 Å². The van der Waals surface area contributed by atoms with E-state index in [0.29, 0.717) is 11.4 Å². The van der Waals surface area contributed by atoms with E-state index in [9.17, 15) is 4.79 Å². The number of nitrogen functional groups attached to an aromatic ring is 1. The highest BCUT2D eigenvalue weighted by Crippen LogP contribution is 2.24. The number of amides is 1. The first kappa shape index (κ1) is 15.8. The van der Waals surface area contributed by atoms with Gasteiger partial charge in [-0.1, -0.05) is 12.1 Å². The molecule has 2 atom stereocenters. The number of methoxy groups -OCH3 is 1. The van der Waals surface area contributed by atoms with Crippen molar-refractivity contribution in [3.05, 3.63) is 23.8 Å². The zero-order valence-corrected chi connectivity index (χ0v) is 12.7. The van der Waals surface area contributed by atoms with Crippen LogP contribution in [0.15, 0.2) is 18.2 Å². The lowest BCUT2D eigenvalue weighted by Gasteiger charge is -2.28. The first-order valence-corrected chi connectivity index (χ1v) is 7.39. The molecule has 1 aromatic carbocycles. The van der Waals surface area contributed by atoms with Crippen molar-refractivity contribution in [1.29, 1.82) is 0 Å². The topological polar surface area (TPSA) is 73.6 Å². The largest absolute Gasteiger partial charge is 0.397 e. The molecule has 1 aromatic rings. The summed E-state index contributed by atoms with van der Waals surface area (Å²) in [5, 5.41) is 2.82. The average Bonchev–Trinajstić information content (AvgIpc) is 2.49. The predicted octanol–water partition coefficient (Wildman–Crippen LogP) is 2.49. The SMILES string of the molecule is COC1CCCC(OCC(=O)Nc2c(C)cccc2N)C1. The third kappa shape index (κ3) is 4.44. The van der Waals surface area contributed by atoms with Crippen LogP contribution in [0.4, 0.5) is 11.4 Å². The standard InChI is InChI=1S/C16H24N2O3/c1-11-5-3-8-14(17)16(11)18-15(19)10-21-13-7-4-6-12(9-13)20-2/h3,5,8,12-13H,4,6-7,9-10,17H2,1-2H3,(H,18,19). The zero-order valence-electron chi connectivity index (χ0n) is 12.7. The fraction of sp³-hybridized carbons (Fsp3) is 0.562. The van der Waals surface area contributed by atoms with Crippen LogP contribution in [0, 0.1) is 6.92 Å². The van der Waals surface area contributed by atoms with Gasteiger partial charge in [-0.25, -0.2) is 0 Å². The minimum absolute atomic E-state index is 0.0505. The molecule has 0 aromatic heterocycles. The van der Waals surface area contributed by atoms with Gasteiger partial charge in [-0.3, -0.25) is 4.79 Å². The van der Waals surface area contributed by atoms with E-state index in [0.717, 1.165) is 31.2 Å². The van der Waals surface area contributed by atoms with Crippen LogP contribution in [0.3, 0.4) is 0 Å². The molecule has 1 amide bonds. The molecule has 1 saturated carbocycles. The van der Waals surface area contributed by atoms with Gasteiger partial charge in [0, 0.05) is 7.11 Å². The Bertz CT molecular complexity index is 470. The highest BCUT2D eigenvalue weighted by atomic mass is 16.5. The zero-order chi connectivity index (χ0) is 15.2.